The van der Waals surface area contributed by atoms with E-state index in [0.29, 0.717) is 5.69 Å². The number of nitro groups is 1. The molecule has 18 heavy (non-hydrogen) atoms. The number of Topliss-reactive ketones (excluding diaryl/α,β-unsaturated/α-hetero) is 1. The normalized spacial score (nSPS) is 10.3. The molecule has 1 aromatic heterocycles. The Morgan fingerprint density at radius 1 is 1.39 bits per heavy atom. The van der Waals surface area contributed by atoms with Crippen LogP contribution in [0.3, 0.4) is 0 Å². The molecule has 0 unspecified atom stereocenters. The first kappa shape index (κ1) is 12.0. The van der Waals surface area contributed by atoms with Crippen LogP contribution in [-0.2, 0) is 0 Å². The summed E-state index contributed by atoms with van der Waals surface area (Å²) in [6.45, 7) is 3.15. The Kier molecular flexibility index (Phi) is 2.93. The van der Waals surface area contributed by atoms with Crippen molar-refractivity contribution in [2.75, 3.05) is 0 Å². The van der Waals surface area contributed by atoms with Crippen LogP contribution in [0.1, 0.15) is 23.0 Å². The van der Waals surface area contributed by atoms with Crippen molar-refractivity contribution in [1.29, 1.82) is 0 Å². The van der Waals surface area contributed by atoms with Gasteiger partial charge in [-0.15, -0.1) is 0 Å². The molecule has 0 aliphatic carbocycles. The molecule has 0 radical (unpaired) electrons. The molecule has 2 rings (SSSR count). The van der Waals surface area contributed by atoms with E-state index in [1.165, 1.54) is 19.1 Å². The van der Waals surface area contributed by atoms with E-state index in [1.54, 1.807) is 16.9 Å². The van der Waals surface area contributed by atoms with Crippen molar-refractivity contribution < 1.29 is 9.72 Å². The first-order chi connectivity index (χ1) is 8.49. The second kappa shape index (κ2) is 4.40. The molecule has 0 N–H and O–H groups in total. The molecule has 6 heteroatoms. The molecule has 1 heterocycles. The number of hydrogen-bond donors (Lipinski definition) is 0. The van der Waals surface area contributed by atoms with Crippen LogP contribution >= 0.6 is 0 Å². The van der Waals surface area contributed by atoms with Crippen LogP contribution in [-0.4, -0.2) is 20.5 Å². The van der Waals surface area contributed by atoms with E-state index in [1.807, 2.05) is 13.0 Å². The quantitative estimate of drug-likeness (QED) is 0.472. The number of carbonyl (C=O) groups excluding carboxylic acids is 1. The van der Waals surface area contributed by atoms with Crippen LogP contribution < -0.4 is 0 Å². The summed E-state index contributed by atoms with van der Waals surface area (Å²) in [6.07, 6.45) is 1.74. The van der Waals surface area contributed by atoms with E-state index in [4.69, 9.17) is 0 Å². The second-order valence-corrected chi connectivity index (χ2v) is 3.92. The predicted octanol–water partition coefficient (Wildman–Crippen LogP) is 2.29. The van der Waals surface area contributed by atoms with Crippen molar-refractivity contribution >= 4 is 11.5 Å². The van der Waals surface area contributed by atoms with Crippen molar-refractivity contribution in [3.05, 3.63) is 51.8 Å². The lowest BCUT2D eigenvalue weighted by molar-refractivity contribution is -0.385. The smallest absolute Gasteiger partial charge is 0.280 e. The number of carbonyl (C=O) groups is 1. The fourth-order valence-electron chi connectivity index (χ4n) is 1.67. The molecule has 2 aromatic rings. The van der Waals surface area contributed by atoms with Crippen molar-refractivity contribution in [3.8, 4) is 5.69 Å². The van der Waals surface area contributed by atoms with Gasteiger partial charge in [0.15, 0.2) is 5.78 Å². The monoisotopic (exact) mass is 245 g/mol. The van der Waals surface area contributed by atoms with E-state index >= 15 is 0 Å². The average Bonchev–Trinajstić information content (AvgIpc) is 2.75. The van der Waals surface area contributed by atoms with Crippen LogP contribution in [0, 0.1) is 17.0 Å². The SMILES string of the molecule is CC(=O)c1cc(-n2ccc(C)n2)ccc1[N+](=O)[O-]. The predicted molar refractivity (Wildman–Crippen MR) is 65.0 cm³/mol. The Bertz CT molecular complexity index is 631. The van der Waals surface area contributed by atoms with Gasteiger partial charge in [-0.25, -0.2) is 4.68 Å². The van der Waals surface area contributed by atoms with Gasteiger partial charge < -0.3 is 0 Å². The van der Waals surface area contributed by atoms with Crippen LogP contribution in [0.25, 0.3) is 5.69 Å². The molecule has 0 saturated carbocycles. The maximum absolute atomic E-state index is 11.4. The van der Waals surface area contributed by atoms with Gasteiger partial charge in [-0.3, -0.25) is 14.9 Å². The third kappa shape index (κ3) is 2.13. The summed E-state index contributed by atoms with van der Waals surface area (Å²) in [5.74, 6) is -0.340. The summed E-state index contributed by atoms with van der Waals surface area (Å²) in [6, 6.07) is 6.18. The van der Waals surface area contributed by atoms with E-state index in [-0.39, 0.29) is 17.0 Å². The minimum atomic E-state index is -0.561. The van der Waals surface area contributed by atoms with Gasteiger partial charge >= 0.3 is 0 Å². The minimum absolute atomic E-state index is 0.0886. The highest BCUT2D eigenvalue weighted by atomic mass is 16.6. The van der Waals surface area contributed by atoms with Crippen LogP contribution in [0.4, 0.5) is 5.69 Å². The molecule has 0 aliphatic rings. The Labute approximate surface area is 103 Å². The number of benzene rings is 1. The molecule has 0 saturated heterocycles. The highest BCUT2D eigenvalue weighted by Gasteiger charge is 2.18. The molecule has 0 atom stereocenters. The summed E-state index contributed by atoms with van der Waals surface area (Å²) in [7, 11) is 0. The number of nitrogens with zero attached hydrogens (tertiary/aromatic N) is 3. The highest BCUT2D eigenvalue weighted by Crippen LogP contribution is 2.22. The molecule has 0 fully saturated rings. The van der Waals surface area contributed by atoms with Gasteiger partial charge in [0, 0.05) is 12.3 Å². The molecule has 1 aromatic carbocycles. The molecular formula is C12H11N3O3. The van der Waals surface area contributed by atoms with Gasteiger partial charge in [0.1, 0.15) is 0 Å². The lowest BCUT2D eigenvalue weighted by Crippen LogP contribution is -2.03. The lowest BCUT2D eigenvalue weighted by atomic mass is 10.1. The first-order valence-electron chi connectivity index (χ1n) is 5.31. The summed E-state index contributed by atoms with van der Waals surface area (Å²) in [5.41, 5.74) is 1.36. The van der Waals surface area contributed by atoms with Crippen molar-refractivity contribution in [2.24, 2.45) is 0 Å². The molecule has 0 aliphatic heterocycles. The molecule has 6 nitrogen and oxygen atoms in total. The zero-order valence-corrected chi connectivity index (χ0v) is 9.95. The van der Waals surface area contributed by atoms with Gasteiger partial charge in [-0.2, -0.15) is 5.10 Å². The molecular weight excluding hydrogens is 234 g/mol. The minimum Gasteiger partial charge on any atom is -0.294 e. The molecule has 0 amide bonds. The Morgan fingerprint density at radius 3 is 2.61 bits per heavy atom. The first-order valence-corrected chi connectivity index (χ1v) is 5.31. The lowest BCUT2D eigenvalue weighted by Gasteiger charge is -2.04. The fraction of sp³-hybridized carbons (Fsp3) is 0.167. The number of ketones is 1. The van der Waals surface area contributed by atoms with E-state index < -0.39 is 4.92 Å². The van der Waals surface area contributed by atoms with Crippen LogP contribution in [0.15, 0.2) is 30.5 Å². The maximum atomic E-state index is 11.4. The second-order valence-electron chi connectivity index (χ2n) is 3.92. The average molecular weight is 245 g/mol. The van der Waals surface area contributed by atoms with Gasteiger partial charge in [-0.1, -0.05) is 0 Å². The van der Waals surface area contributed by atoms with Crippen molar-refractivity contribution in [3.63, 3.8) is 0 Å². The molecule has 0 spiro atoms. The molecule has 92 valence electrons. The fourth-order valence-corrected chi connectivity index (χ4v) is 1.67. The van der Waals surface area contributed by atoms with E-state index in [9.17, 15) is 14.9 Å². The maximum Gasteiger partial charge on any atom is 0.280 e. The highest BCUT2D eigenvalue weighted by molar-refractivity contribution is 5.98. The standard InChI is InChI=1S/C12H11N3O3/c1-8-5-6-14(13-8)10-3-4-12(15(17)18)11(7-10)9(2)16/h3-7H,1-2H3. The van der Waals surface area contributed by atoms with Gasteiger partial charge in [0.2, 0.25) is 0 Å². The van der Waals surface area contributed by atoms with Gasteiger partial charge in [0.25, 0.3) is 5.69 Å². The number of nitro benzene ring substituents is 1. The van der Waals surface area contributed by atoms with Gasteiger partial charge in [-0.05, 0) is 32.0 Å². The van der Waals surface area contributed by atoms with Crippen molar-refractivity contribution in [1.82, 2.24) is 9.78 Å². The topological polar surface area (TPSA) is 78.0 Å². The largest absolute Gasteiger partial charge is 0.294 e. The van der Waals surface area contributed by atoms with Crippen molar-refractivity contribution in [2.45, 2.75) is 13.8 Å². The summed E-state index contributed by atoms with van der Waals surface area (Å²) in [5, 5.41) is 15.0. The molecule has 0 bridgehead atoms. The van der Waals surface area contributed by atoms with E-state index in [2.05, 4.69) is 5.10 Å². The number of hydrogen-bond acceptors (Lipinski definition) is 4. The third-order valence-corrected chi connectivity index (χ3v) is 2.54. The Morgan fingerprint density at radius 2 is 2.11 bits per heavy atom. The van der Waals surface area contributed by atoms with Crippen LogP contribution in [0.5, 0.6) is 0 Å². The van der Waals surface area contributed by atoms with Gasteiger partial charge in [0.05, 0.1) is 21.9 Å². The zero-order valence-electron chi connectivity index (χ0n) is 9.95. The summed E-state index contributed by atoms with van der Waals surface area (Å²) >= 11 is 0. The van der Waals surface area contributed by atoms with Crippen LogP contribution in [0.2, 0.25) is 0 Å². The zero-order chi connectivity index (χ0) is 13.3. The summed E-state index contributed by atoms with van der Waals surface area (Å²) in [4.78, 5) is 21.7. The number of aromatic nitrogens is 2. The van der Waals surface area contributed by atoms with E-state index in [0.717, 1.165) is 5.69 Å². The Hall–Kier alpha value is -2.50. The number of aryl methyl sites for hydroxylation is 1. The Balaban J connectivity index is 2.56. The third-order valence-electron chi connectivity index (χ3n) is 2.54. The number of rotatable bonds is 3. The summed E-state index contributed by atoms with van der Waals surface area (Å²) < 4.78 is 1.57.